The number of halogens is 4. The van der Waals surface area contributed by atoms with Gasteiger partial charge in [0.15, 0.2) is 0 Å². The molecule has 0 radical (unpaired) electrons. The van der Waals surface area contributed by atoms with E-state index >= 15 is 0 Å². The highest BCUT2D eigenvalue weighted by Gasteiger charge is 2.23. The van der Waals surface area contributed by atoms with Crippen LogP contribution in [0.25, 0.3) is 11.0 Å². The number of anilines is 2. The second-order valence-corrected chi connectivity index (χ2v) is 12.9. The van der Waals surface area contributed by atoms with Crippen molar-refractivity contribution in [2.45, 2.75) is 78.8 Å². The molecule has 1 aliphatic rings. The minimum absolute atomic E-state index is 0.0321. The molecule has 1 aromatic heterocycles. The lowest BCUT2D eigenvalue weighted by molar-refractivity contribution is -0.128. The Hall–Kier alpha value is -2.81. The van der Waals surface area contributed by atoms with Crippen LogP contribution in [0.4, 0.5) is 16.0 Å². The van der Waals surface area contributed by atoms with Crippen molar-refractivity contribution in [3.63, 3.8) is 0 Å². The minimum Gasteiger partial charge on any atom is -0.352 e. The number of carbonyl (C=O) groups is 2. The zero-order valence-electron chi connectivity index (χ0n) is 25.5. The molecule has 1 saturated carbocycles. The first-order valence-corrected chi connectivity index (χ1v) is 15.8. The second-order valence-electron chi connectivity index (χ2n) is 11.8. The van der Waals surface area contributed by atoms with Crippen LogP contribution in [0.3, 0.4) is 0 Å². The first-order chi connectivity index (χ1) is 20.3. The highest BCUT2D eigenvalue weighted by Crippen LogP contribution is 2.36. The van der Waals surface area contributed by atoms with Crippen LogP contribution in [-0.2, 0) is 18.4 Å². The molecule has 0 spiro atoms. The fraction of sp³-hybridized carbons (Fsp3) is 0.469. The maximum Gasteiger partial charge on any atom is 0.254 e. The van der Waals surface area contributed by atoms with E-state index in [0.29, 0.717) is 44.2 Å². The number of benzene rings is 2. The van der Waals surface area contributed by atoms with Crippen LogP contribution in [0.5, 0.6) is 0 Å². The summed E-state index contributed by atoms with van der Waals surface area (Å²) < 4.78 is 16.6. The van der Waals surface area contributed by atoms with Crippen molar-refractivity contribution in [2.75, 3.05) is 11.2 Å². The van der Waals surface area contributed by atoms with Gasteiger partial charge in [-0.1, -0.05) is 88.4 Å². The van der Waals surface area contributed by atoms with Gasteiger partial charge < -0.3 is 20.5 Å². The van der Waals surface area contributed by atoms with E-state index in [4.69, 9.17) is 34.8 Å². The van der Waals surface area contributed by atoms with Crippen LogP contribution in [0.2, 0.25) is 10.0 Å². The summed E-state index contributed by atoms with van der Waals surface area (Å²) in [5, 5.41) is 9.68. The maximum absolute atomic E-state index is 15.0. The fourth-order valence-corrected chi connectivity index (χ4v) is 5.22. The Morgan fingerprint density at radius 1 is 1.14 bits per heavy atom. The summed E-state index contributed by atoms with van der Waals surface area (Å²) in [6.45, 7) is 11.4. The standard InChI is InChI=1S/C27H32Cl2FN5O2.C5H9Cl/c1-27(2,3)25(37)31-14-15-10-11-18(28)23(22(15)29)34-26-33-20-12-17(19(30)13-21(20)35(26)4)24(36)32-16-8-6-5-7-9-16;1-3-5(2)4-6/h10-13,16H,5-9,14H2,1-4H3,(H,31,37)(H,32,36)(H,33,34);2-4H2,1H3. The summed E-state index contributed by atoms with van der Waals surface area (Å²) in [7, 11) is 1.73. The van der Waals surface area contributed by atoms with Gasteiger partial charge in [-0.05, 0) is 37.0 Å². The maximum atomic E-state index is 15.0. The predicted molar refractivity (Wildman–Crippen MR) is 176 cm³/mol. The Morgan fingerprint density at radius 3 is 2.40 bits per heavy atom. The molecule has 1 heterocycles. The lowest BCUT2D eigenvalue weighted by atomic mass is 9.95. The number of hydrogen-bond acceptors (Lipinski definition) is 4. The highest BCUT2D eigenvalue weighted by atomic mass is 35.5. The number of imidazole rings is 1. The Labute approximate surface area is 268 Å². The number of allylic oxidation sites excluding steroid dienone is 1. The first kappa shape index (κ1) is 34.7. The SMILES string of the molecule is C=C(CC)CCl.Cn1c(Nc2c(Cl)ccc(CNC(=O)C(C)(C)C)c2Cl)nc2cc(C(=O)NC3CCCCC3)c(F)cc21. The van der Waals surface area contributed by atoms with Crippen LogP contribution in [-0.4, -0.2) is 33.3 Å². The molecule has 43 heavy (non-hydrogen) atoms. The van der Waals surface area contributed by atoms with Crippen molar-refractivity contribution in [3.8, 4) is 0 Å². The van der Waals surface area contributed by atoms with Gasteiger partial charge in [0, 0.05) is 37.0 Å². The summed E-state index contributed by atoms with van der Waals surface area (Å²) in [4.78, 5) is 29.6. The number of nitrogens with zero attached hydrogens (tertiary/aromatic N) is 2. The molecule has 1 fully saturated rings. The smallest absolute Gasteiger partial charge is 0.254 e. The largest absolute Gasteiger partial charge is 0.352 e. The lowest BCUT2D eigenvalue weighted by Gasteiger charge is -2.22. The minimum atomic E-state index is -0.608. The van der Waals surface area contributed by atoms with Gasteiger partial charge >= 0.3 is 0 Å². The van der Waals surface area contributed by atoms with Crippen molar-refractivity contribution in [2.24, 2.45) is 12.5 Å². The van der Waals surface area contributed by atoms with Gasteiger partial charge in [0.25, 0.3) is 5.91 Å². The third-order valence-electron chi connectivity index (χ3n) is 7.37. The molecule has 0 unspecified atom stereocenters. The van der Waals surface area contributed by atoms with Crippen molar-refractivity contribution in [1.82, 2.24) is 20.2 Å². The van der Waals surface area contributed by atoms with E-state index in [1.807, 2.05) is 27.7 Å². The number of aromatic nitrogens is 2. The Bertz CT molecular complexity index is 1470. The Balaban J connectivity index is 0.000000765. The molecule has 3 aromatic rings. The fourth-order valence-electron chi connectivity index (χ4n) is 4.50. The molecule has 0 atom stereocenters. The van der Waals surface area contributed by atoms with Crippen molar-refractivity contribution in [1.29, 1.82) is 0 Å². The Kier molecular flexibility index (Phi) is 12.3. The van der Waals surface area contributed by atoms with Gasteiger partial charge in [0.1, 0.15) is 5.82 Å². The van der Waals surface area contributed by atoms with Crippen LogP contribution in [0, 0.1) is 11.2 Å². The second kappa shape index (κ2) is 15.3. The zero-order chi connectivity index (χ0) is 31.9. The van der Waals surface area contributed by atoms with E-state index < -0.39 is 17.1 Å². The molecule has 11 heteroatoms. The summed E-state index contributed by atoms with van der Waals surface area (Å²) in [5.74, 6) is -0.158. The van der Waals surface area contributed by atoms with E-state index in [1.165, 1.54) is 18.6 Å². The molecule has 3 N–H and O–H groups in total. The van der Waals surface area contributed by atoms with Gasteiger partial charge in [0.2, 0.25) is 11.9 Å². The molecule has 2 aromatic carbocycles. The zero-order valence-corrected chi connectivity index (χ0v) is 27.7. The van der Waals surface area contributed by atoms with E-state index in [1.54, 1.807) is 23.7 Å². The van der Waals surface area contributed by atoms with Crippen molar-refractivity contribution < 1.29 is 14.0 Å². The molecule has 1 aliphatic carbocycles. The van der Waals surface area contributed by atoms with E-state index in [9.17, 15) is 14.0 Å². The molecule has 2 amide bonds. The molecule has 0 saturated heterocycles. The number of nitrogens with one attached hydrogen (secondary N) is 3. The van der Waals surface area contributed by atoms with Crippen LogP contribution >= 0.6 is 34.8 Å². The van der Waals surface area contributed by atoms with E-state index in [0.717, 1.165) is 37.7 Å². The summed E-state index contributed by atoms with van der Waals surface area (Å²) in [5.41, 5.74) is 2.61. The van der Waals surface area contributed by atoms with Gasteiger partial charge in [-0.15, -0.1) is 11.6 Å². The quantitative estimate of drug-likeness (QED) is 0.168. The van der Waals surface area contributed by atoms with Gasteiger partial charge in [-0.25, -0.2) is 9.37 Å². The van der Waals surface area contributed by atoms with Crippen molar-refractivity contribution >= 4 is 69.3 Å². The number of carbonyl (C=O) groups excluding carboxylic acids is 2. The molecular weight excluding hydrogens is 612 g/mol. The third-order valence-corrected chi connectivity index (χ3v) is 8.50. The van der Waals surface area contributed by atoms with Gasteiger partial charge in [-0.3, -0.25) is 9.59 Å². The third kappa shape index (κ3) is 9.10. The van der Waals surface area contributed by atoms with Crippen LogP contribution in [0.1, 0.15) is 82.1 Å². The topological polar surface area (TPSA) is 88.1 Å². The van der Waals surface area contributed by atoms with Gasteiger partial charge in [-0.2, -0.15) is 0 Å². The Morgan fingerprint density at radius 2 is 1.81 bits per heavy atom. The molecule has 234 valence electrons. The summed E-state index contributed by atoms with van der Waals surface area (Å²) in [6.07, 6.45) is 6.12. The summed E-state index contributed by atoms with van der Waals surface area (Å²) in [6, 6.07) is 6.28. The van der Waals surface area contributed by atoms with E-state index in [-0.39, 0.29) is 24.1 Å². The number of hydrogen-bond donors (Lipinski definition) is 3. The highest BCUT2D eigenvalue weighted by molar-refractivity contribution is 6.39. The van der Waals surface area contributed by atoms with Gasteiger partial charge in [0.05, 0.1) is 32.3 Å². The number of aryl methyl sites for hydroxylation is 1. The lowest BCUT2D eigenvalue weighted by Crippen LogP contribution is -2.36. The van der Waals surface area contributed by atoms with Crippen molar-refractivity contribution in [3.05, 3.63) is 63.4 Å². The number of amides is 2. The normalized spacial score (nSPS) is 13.7. The number of fused-ring (bicyclic) bond motifs is 1. The van der Waals surface area contributed by atoms with Crippen LogP contribution in [0.15, 0.2) is 36.4 Å². The predicted octanol–water partition coefficient (Wildman–Crippen LogP) is 8.68. The van der Waals surface area contributed by atoms with E-state index in [2.05, 4.69) is 27.5 Å². The average molecular weight is 653 g/mol. The first-order valence-electron chi connectivity index (χ1n) is 14.5. The average Bonchev–Trinajstić information content (AvgIpc) is 3.27. The molecule has 7 nitrogen and oxygen atoms in total. The molecule has 0 aliphatic heterocycles. The summed E-state index contributed by atoms with van der Waals surface area (Å²) >= 11 is 18.4. The monoisotopic (exact) mass is 651 g/mol. The molecule has 0 bridgehead atoms. The molecule has 4 rings (SSSR count). The number of alkyl halides is 1. The van der Waals surface area contributed by atoms with Crippen LogP contribution < -0.4 is 16.0 Å². The molecular formula is C32H41Cl3FN5O2. The number of rotatable bonds is 8.